The summed E-state index contributed by atoms with van der Waals surface area (Å²) in [7, 11) is 0. The minimum absolute atomic E-state index is 0.175. The van der Waals surface area contributed by atoms with Gasteiger partial charge in [0.15, 0.2) is 0 Å². The van der Waals surface area contributed by atoms with E-state index in [4.69, 9.17) is 4.74 Å². The molecule has 2 saturated heterocycles. The zero-order chi connectivity index (χ0) is 12.3. The van der Waals surface area contributed by atoms with Gasteiger partial charge in [-0.05, 0) is 31.7 Å². The molecule has 2 aliphatic rings. The third-order valence-corrected chi connectivity index (χ3v) is 3.93. The van der Waals surface area contributed by atoms with Crippen molar-refractivity contribution in [2.75, 3.05) is 26.2 Å². The van der Waals surface area contributed by atoms with Crippen molar-refractivity contribution in [2.45, 2.75) is 45.3 Å². The van der Waals surface area contributed by atoms with Crippen LogP contribution in [-0.4, -0.2) is 49.2 Å². The van der Waals surface area contributed by atoms with E-state index in [0.29, 0.717) is 12.0 Å². The average Bonchev–Trinajstić information content (AvgIpc) is 2.76. The summed E-state index contributed by atoms with van der Waals surface area (Å²) in [6, 6.07) is 0.589. The van der Waals surface area contributed by atoms with E-state index in [0.717, 1.165) is 45.5 Å². The lowest BCUT2D eigenvalue weighted by Crippen LogP contribution is -2.48. The number of carbonyl (C=O) groups excluding carboxylic acids is 1. The molecule has 1 N–H and O–H groups in total. The smallest absolute Gasteiger partial charge is 0.251 e. The fraction of sp³-hybridized carbons (Fsp3) is 0.923. The molecule has 2 fully saturated rings. The van der Waals surface area contributed by atoms with E-state index < -0.39 is 0 Å². The van der Waals surface area contributed by atoms with Crippen molar-refractivity contribution in [2.24, 2.45) is 5.92 Å². The molecule has 0 aromatic heterocycles. The van der Waals surface area contributed by atoms with Crippen LogP contribution in [-0.2, 0) is 9.53 Å². The fourth-order valence-corrected chi connectivity index (χ4v) is 2.78. The van der Waals surface area contributed by atoms with E-state index in [1.807, 2.05) is 4.90 Å². The number of carbonyl (C=O) groups is 1. The Morgan fingerprint density at radius 3 is 2.59 bits per heavy atom. The van der Waals surface area contributed by atoms with Gasteiger partial charge in [0.05, 0.1) is 0 Å². The molecule has 0 saturated carbocycles. The molecule has 4 nitrogen and oxygen atoms in total. The van der Waals surface area contributed by atoms with Gasteiger partial charge in [0.25, 0.3) is 5.91 Å². The van der Waals surface area contributed by atoms with Crippen molar-refractivity contribution in [3.8, 4) is 0 Å². The second kappa shape index (κ2) is 5.83. The summed E-state index contributed by atoms with van der Waals surface area (Å²) in [4.78, 5) is 14.2. The van der Waals surface area contributed by atoms with Gasteiger partial charge in [-0.3, -0.25) is 4.79 Å². The molecule has 98 valence electrons. The van der Waals surface area contributed by atoms with Gasteiger partial charge in [0.1, 0.15) is 6.10 Å². The Hall–Kier alpha value is -0.610. The number of nitrogens with one attached hydrogen (secondary N) is 1. The maximum Gasteiger partial charge on any atom is 0.251 e. The van der Waals surface area contributed by atoms with Gasteiger partial charge in [-0.15, -0.1) is 0 Å². The molecule has 2 heterocycles. The number of hydrogen-bond acceptors (Lipinski definition) is 3. The lowest BCUT2D eigenvalue weighted by atomic mass is 10.0. The largest absolute Gasteiger partial charge is 0.368 e. The molecular formula is C13H24N2O2. The number of nitrogens with zero attached hydrogens (tertiary/aromatic N) is 1. The van der Waals surface area contributed by atoms with Gasteiger partial charge in [-0.1, -0.05) is 13.8 Å². The monoisotopic (exact) mass is 240 g/mol. The normalized spacial score (nSPS) is 30.8. The standard InChI is InChI=1S/C13H24N2O2/c1-3-14-11-4-7-15(8-5-11)13(16)12-10(2)6-9-17-12/h10-12,14H,3-9H2,1-2H3. The molecule has 0 aliphatic carbocycles. The Morgan fingerprint density at radius 2 is 2.06 bits per heavy atom. The van der Waals surface area contributed by atoms with E-state index in [1.54, 1.807) is 0 Å². The van der Waals surface area contributed by atoms with Crippen LogP contribution >= 0.6 is 0 Å². The molecule has 0 bridgehead atoms. The zero-order valence-corrected chi connectivity index (χ0v) is 10.9. The predicted molar refractivity (Wildman–Crippen MR) is 66.8 cm³/mol. The summed E-state index contributed by atoms with van der Waals surface area (Å²) in [5.41, 5.74) is 0. The third-order valence-electron chi connectivity index (χ3n) is 3.93. The van der Waals surface area contributed by atoms with Crippen LogP contribution in [0, 0.1) is 5.92 Å². The fourth-order valence-electron chi connectivity index (χ4n) is 2.78. The van der Waals surface area contributed by atoms with Crippen LogP contribution in [0.25, 0.3) is 0 Å². The van der Waals surface area contributed by atoms with Crippen LogP contribution in [0.15, 0.2) is 0 Å². The summed E-state index contributed by atoms with van der Waals surface area (Å²) < 4.78 is 5.55. The molecule has 2 rings (SSSR count). The number of amides is 1. The van der Waals surface area contributed by atoms with Gasteiger partial charge in [0, 0.05) is 25.7 Å². The topological polar surface area (TPSA) is 41.6 Å². The quantitative estimate of drug-likeness (QED) is 0.800. The van der Waals surface area contributed by atoms with Crippen LogP contribution in [0.2, 0.25) is 0 Å². The molecule has 2 aliphatic heterocycles. The Morgan fingerprint density at radius 1 is 1.35 bits per heavy atom. The van der Waals surface area contributed by atoms with Crippen LogP contribution in [0.5, 0.6) is 0 Å². The maximum atomic E-state index is 12.3. The third kappa shape index (κ3) is 2.99. The average molecular weight is 240 g/mol. The van der Waals surface area contributed by atoms with Gasteiger partial charge >= 0.3 is 0 Å². The highest BCUT2D eigenvalue weighted by molar-refractivity contribution is 5.81. The van der Waals surface area contributed by atoms with Crippen LogP contribution < -0.4 is 5.32 Å². The van der Waals surface area contributed by atoms with Gasteiger partial charge in [0.2, 0.25) is 0 Å². The summed E-state index contributed by atoms with van der Waals surface area (Å²) in [5.74, 6) is 0.596. The Labute approximate surface area is 104 Å². The Kier molecular flexibility index (Phi) is 4.40. The molecule has 17 heavy (non-hydrogen) atoms. The molecule has 1 amide bonds. The molecule has 0 aromatic carbocycles. The highest BCUT2D eigenvalue weighted by Crippen LogP contribution is 2.23. The second-order valence-electron chi connectivity index (χ2n) is 5.21. The van der Waals surface area contributed by atoms with Crippen molar-refractivity contribution in [3.63, 3.8) is 0 Å². The zero-order valence-electron chi connectivity index (χ0n) is 10.9. The summed E-state index contributed by atoms with van der Waals surface area (Å²) in [5, 5.41) is 3.45. The van der Waals surface area contributed by atoms with Crippen molar-refractivity contribution >= 4 is 5.91 Å². The maximum absolute atomic E-state index is 12.3. The molecule has 2 atom stereocenters. The van der Waals surface area contributed by atoms with Crippen molar-refractivity contribution in [1.29, 1.82) is 0 Å². The highest BCUT2D eigenvalue weighted by Gasteiger charge is 2.35. The lowest BCUT2D eigenvalue weighted by molar-refractivity contribution is -0.143. The number of ether oxygens (including phenoxy) is 1. The molecular weight excluding hydrogens is 216 g/mol. The summed E-state index contributed by atoms with van der Waals surface area (Å²) in [6.07, 6.45) is 2.98. The summed E-state index contributed by atoms with van der Waals surface area (Å²) in [6.45, 7) is 7.76. The van der Waals surface area contributed by atoms with Gasteiger partial charge in [-0.25, -0.2) is 0 Å². The number of likely N-dealkylation sites (tertiary alicyclic amines) is 1. The molecule has 0 aromatic rings. The second-order valence-corrected chi connectivity index (χ2v) is 5.21. The molecule has 0 radical (unpaired) electrons. The first-order valence-electron chi connectivity index (χ1n) is 6.86. The van der Waals surface area contributed by atoms with E-state index in [2.05, 4.69) is 19.2 Å². The van der Waals surface area contributed by atoms with E-state index in [1.165, 1.54) is 0 Å². The van der Waals surface area contributed by atoms with Gasteiger partial charge in [-0.2, -0.15) is 0 Å². The van der Waals surface area contributed by atoms with Crippen LogP contribution in [0.1, 0.15) is 33.1 Å². The first-order valence-corrected chi connectivity index (χ1v) is 6.86. The Bertz CT molecular complexity index is 262. The highest BCUT2D eigenvalue weighted by atomic mass is 16.5. The van der Waals surface area contributed by atoms with Crippen LogP contribution in [0.4, 0.5) is 0 Å². The predicted octanol–water partition coefficient (Wildman–Crippen LogP) is 1.01. The summed E-state index contributed by atoms with van der Waals surface area (Å²) >= 11 is 0. The molecule has 0 spiro atoms. The first-order chi connectivity index (χ1) is 8.22. The van der Waals surface area contributed by atoms with Gasteiger partial charge < -0.3 is 15.0 Å². The number of piperidine rings is 1. The number of hydrogen-bond donors (Lipinski definition) is 1. The van der Waals surface area contributed by atoms with Crippen LogP contribution in [0.3, 0.4) is 0 Å². The number of rotatable bonds is 3. The Balaban J connectivity index is 1.82. The van der Waals surface area contributed by atoms with Crippen molar-refractivity contribution < 1.29 is 9.53 Å². The molecule has 4 heteroatoms. The van der Waals surface area contributed by atoms with E-state index in [9.17, 15) is 4.79 Å². The van der Waals surface area contributed by atoms with E-state index in [-0.39, 0.29) is 12.0 Å². The first kappa shape index (κ1) is 12.8. The lowest BCUT2D eigenvalue weighted by Gasteiger charge is -2.34. The van der Waals surface area contributed by atoms with Crippen molar-refractivity contribution in [3.05, 3.63) is 0 Å². The minimum atomic E-state index is -0.175. The SMILES string of the molecule is CCNC1CCN(C(=O)C2OCCC2C)CC1. The van der Waals surface area contributed by atoms with Crippen molar-refractivity contribution in [1.82, 2.24) is 10.2 Å². The minimum Gasteiger partial charge on any atom is -0.368 e. The molecule has 2 unspecified atom stereocenters. The van der Waals surface area contributed by atoms with E-state index >= 15 is 0 Å².